The summed E-state index contributed by atoms with van der Waals surface area (Å²) in [5.41, 5.74) is -1.24. The molecule has 318 valence electrons. The first kappa shape index (κ1) is 45.6. The van der Waals surface area contributed by atoms with Gasteiger partial charge >= 0.3 is 0 Å². The van der Waals surface area contributed by atoms with Gasteiger partial charge < -0.3 is 30.9 Å². The van der Waals surface area contributed by atoms with E-state index in [0.717, 1.165) is 38.8 Å². The number of rotatable bonds is 20. The van der Waals surface area contributed by atoms with Crippen molar-refractivity contribution in [3.05, 3.63) is 48.2 Å². The van der Waals surface area contributed by atoms with Gasteiger partial charge in [0.15, 0.2) is 0 Å². The van der Waals surface area contributed by atoms with Crippen molar-refractivity contribution in [1.29, 1.82) is 0 Å². The topological polar surface area (TPSA) is 202 Å². The maximum absolute atomic E-state index is 14.8. The van der Waals surface area contributed by atoms with Gasteiger partial charge in [-0.1, -0.05) is 60.8 Å². The number of ketones is 1. The zero-order valence-corrected chi connectivity index (χ0v) is 34.5. The number of carbonyl (C=O) groups is 6. The molecule has 2 aliphatic rings. The minimum atomic E-state index is -3.13. The molecule has 0 spiro atoms. The number of Topliss-reactive ketones (excluding diaryl/α,β-unsaturated/α-hetero) is 1. The molecule has 0 bridgehead atoms. The molecule has 2 aromatic rings. The van der Waals surface area contributed by atoms with Crippen LogP contribution in [0.4, 0.5) is 8.78 Å². The Morgan fingerprint density at radius 1 is 0.879 bits per heavy atom. The van der Waals surface area contributed by atoms with Crippen LogP contribution >= 0.6 is 0 Å². The number of halogens is 2. The van der Waals surface area contributed by atoms with Crippen molar-refractivity contribution >= 4 is 35.3 Å². The monoisotopic (exact) mass is 812 g/mol. The van der Waals surface area contributed by atoms with Crippen molar-refractivity contribution in [2.45, 2.75) is 148 Å². The number of likely N-dealkylation sites (tertiary alicyclic amines) is 1. The van der Waals surface area contributed by atoms with Crippen LogP contribution in [0.15, 0.2) is 36.9 Å². The van der Waals surface area contributed by atoms with Crippen LogP contribution in [-0.2, 0) is 29.9 Å². The smallest absolute Gasteiger partial charge is 0.289 e. The molecule has 4 unspecified atom stereocenters. The zero-order valence-electron chi connectivity index (χ0n) is 34.5. The van der Waals surface area contributed by atoms with Crippen LogP contribution in [-0.4, -0.2) is 98.0 Å². The van der Waals surface area contributed by atoms with E-state index in [9.17, 15) is 37.5 Å². The van der Waals surface area contributed by atoms with Crippen LogP contribution in [0.2, 0.25) is 0 Å². The number of carbonyl (C=O) groups excluding carboxylic acids is 6. The summed E-state index contributed by atoms with van der Waals surface area (Å²) in [7, 11) is 0. The lowest BCUT2D eigenvalue weighted by molar-refractivity contribution is -0.145. The molecule has 5 atom stereocenters. The molecule has 1 aliphatic carbocycles. The highest BCUT2D eigenvalue weighted by atomic mass is 19.3. The fourth-order valence-corrected chi connectivity index (χ4v) is 7.02. The Balaban J connectivity index is 1.65. The summed E-state index contributed by atoms with van der Waals surface area (Å²) in [5.74, 6) is -7.57. The highest BCUT2D eigenvalue weighted by molar-refractivity contribution is 6.38. The van der Waals surface area contributed by atoms with Gasteiger partial charge in [-0.2, -0.15) is 0 Å². The van der Waals surface area contributed by atoms with Crippen LogP contribution in [0.1, 0.15) is 122 Å². The van der Waals surface area contributed by atoms with E-state index < -0.39 is 76.9 Å². The number of amides is 5. The molecule has 1 saturated heterocycles. The van der Waals surface area contributed by atoms with Gasteiger partial charge in [0, 0.05) is 49.6 Å². The molecule has 3 heterocycles. The highest BCUT2D eigenvalue weighted by Gasteiger charge is 2.47. The van der Waals surface area contributed by atoms with E-state index in [1.165, 1.54) is 35.6 Å². The van der Waals surface area contributed by atoms with Gasteiger partial charge in [-0.15, -0.1) is 0 Å². The normalized spacial score (nSPS) is 18.5. The van der Waals surface area contributed by atoms with Gasteiger partial charge in [0.1, 0.15) is 29.9 Å². The lowest BCUT2D eigenvalue weighted by Crippen LogP contribution is -2.62. The van der Waals surface area contributed by atoms with Crippen molar-refractivity contribution in [2.75, 3.05) is 6.54 Å². The summed E-state index contributed by atoms with van der Waals surface area (Å²) >= 11 is 0. The van der Waals surface area contributed by atoms with Crippen molar-refractivity contribution in [2.24, 2.45) is 11.3 Å². The third kappa shape index (κ3) is 12.5. The Morgan fingerprint density at radius 2 is 1.55 bits per heavy atom. The number of hydrogen-bond donors (Lipinski definition) is 4. The molecule has 1 saturated carbocycles. The van der Waals surface area contributed by atoms with E-state index in [2.05, 4.69) is 36.2 Å². The summed E-state index contributed by atoms with van der Waals surface area (Å²) in [5, 5.41) is 11.1. The number of nitrogens with one attached hydrogen (secondary N) is 4. The number of nitrogens with zero attached hydrogens (tertiary/aromatic N) is 4. The highest BCUT2D eigenvalue weighted by Crippen LogP contribution is 2.31. The molecule has 5 amide bonds. The average molecular weight is 813 g/mol. The van der Waals surface area contributed by atoms with E-state index in [1.54, 1.807) is 27.7 Å². The first-order valence-electron chi connectivity index (χ1n) is 20.2. The van der Waals surface area contributed by atoms with Crippen LogP contribution in [0, 0.1) is 11.3 Å². The van der Waals surface area contributed by atoms with Gasteiger partial charge in [0.25, 0.3) is 17.7 Å². The maximum Gasteiger partial charge on any atom is 0.289 e. The Bertz CT molecular complexity index is 1740. The second-order valence-electron chi connectivity index (χ2n) is 16.4. The first-order valence-corrected chi connectivity index (χ1v) is 20.2. The molecular weight excluding hydrogens is 754 g/mol. The fourth-order valence-electron chi connectivity index (χ4n) is 7.02. The first-order chi connectivity index (χ1) is 27.4. The zero-order chi connectivity index (χ0) is 42.8. The fraction of sp³-hybridized carbons (Fsp3) is 0.634. The molecule has 0 radical (unpaired) electrons. The van der Waals surface area contributed by atoms with Crippen LogP contribution < -0.4 is 26.0 Å². The van der Waals surface area contributed by atoms with E-state index in [-0.39, 0.29) is 48.5 Å². The van der Waals surface area contributed by atoms with Crippen molar-refractivity contribution in [1.82, 2.24) is 41.1 Å². The number of pyridine rings is 1. The molecule has 4 N–H and O–H groups in total. The molecule has 15 nitrogen and oxygen atoms in total. The summed E-state index contributed by atoms with van der Waals surface area (Å²) in [6, 6.07) is -2.29. The van der Waals surface area contributed by atoms with E-state index in [4.69, 9.17) is 4.74 Å². The predicted molar refractivity (Wildman–Crippen MR) is 209 cm³/mol. The van der Waals surface area contributed by atoms with Crippen LogP contribution in [0.25, 0.3) is 0 Å². The summed E-state index contributed by atoms with van der Waals surface area (Å²) in [4.78, 5) is 95.9. The largest absolute Gasteiger partial charge is 0.472 e. The molecular formula is C41H58F2N8O7. The van der Waals surface area contributed by atoms with Crippen LogP contribution in [0.5, 0.6) is 5.88 Å². The second kappa shape index (κ2) is 20.1. The number of alkyl halides is 2. The van der Waals surface area contributed by atoms with Gasteiger partial charge in [0.2, 0.25) is 29.4 Å². The molecule has 2 aromatic heterocycles. The summed E-state index contributed by atoms with van der Waals surface area (Å²) < 4.78 is 33.8. The minimum Gasteiger partial charge on any atom is -0.472 e. The van der Waals surface area contributed by atoms with Gasteiger partial charge in [-0.25, -0.2) is 18.7 Å². The summed E-state index contributed by atoms with van der Waals surface area (Å²) in [6.45, 7) is 11.6. The Kier molecular flexibility index (Phi) is 15.8. The molecule has 17 heteroatoms. The van der Waals surface area contributed by atoms with Crippen LogP contribution in [0.3, 0.4) is 0 Å². The number of hydrogen-bond acceptors (Lipinski definition) is 10. The number of ether oxygens (including phenoxy) is 1. The third-order valence-electron chi connectivity index (χ3n) is 10.3. The van der Waals surface area contributed by atoms with Gasteiger partial charge in [0.05, 0.1) is 18.8 Å². The second-order valence-corrected chi connectivity index (χ2v) is 16.4. The average Bonchev–Trinajstić information content (AvgIpc) is 3.89. The Morgan fingerprint density at radius 3 is 2.09 bits per heavy atom. The third-order valence-corrected chi connectivity index (χ3v) is 10.3. The van der Waals surface area contributed by atoms with Crippen molar-refractivity contribution in [3.63, 3.8) is 0 Å². The lowest BCUT2D eigenvalue weighted by Gasteiger charge is -2.37. The molecule has 1 aliphatic heterocycles. The standard InChI is InChI=1S/C41H58F2N8O7/c1-8-11-24(12-9-2)32(49-35(53)29-22-44-18-19-45-29)37(55)50-34(40(4,5)6)39(57)51-23-27(58-31-17-14-25(21-46-31)41(7,42)43)20-30(51)36(54)48-28(13-10-3)33(52)38(56)47-26-15-16-26/h14,17-19,21-22,24,26-28,30,32,34H,8-13,15-16,20,23H2,1-7H3,(H,47,56)(H,48,54)(H,49,53)(H,50,55)/t27-,28?,30?,32?,34?/m0/s1. The quantitative estimate of drug-likeness (QED) is 0.142. The number of aromatic nitrogens is 3. The lowest BCUT2D eigenvalue weighted by atomic mass is 9.84. The van der Waals surface area contributed by atoms with E-state index >= 15 is 0 Å². The molecule has 58 heavy (non-hydrogen) atoms. The Hall–Kier alpha value is -5.09. The molecule has 0 aromatic carbocycles. The summed E-state index contributed by atoms with van der Waals surface area (Å²) in [6.07, 6.45) is 8.96. The Labute approximate surface area is 338 Å². The SMILES string of the molecule is CCCC(NC(=O)C1C[C@H](Oc2ccc(C(C)(F)F)cn2)CN1C(=O)C(NC(=O)C(NC(=O)c1cnccn1)C(CCC)CCC)C(C)(C)C)C(=O)C(=O)NC1CC1. The van der Waals surface area contributed by atoms with Gasteiger partial charge in [-0.3, -0.25) is 33.8 Å². The minimum absolute atomic E-state index is 0.0116. The predicted octanol–water partition coefficient (Wildman–Crippen LogP) is 4.01. The van der Waals surface area contributed by atoms with E-state index in [0.29, 0.717) is 19.3 Å². The van der Waals surface area contributed by atoms with Crippen molar-refractivity contribution in [3.8, 4) is 5.88 Å². The van der Waals surface area contributed by atoms with Crippen molar-refractivity contribution < 1.29 is 42.3 Å². The van der Waals surface area contributed by atoms with E-state index in [1.807, 2.05) is 13.8 Å². The van der Waals surface area contributed by atoms with Gasteiger partial charge in [-0.05, 0) is 49.5 Å². The molecule has 4 rings (SSSR count). The molecule has 2 fully saturated rings. The maximum atomic E-state index is 14.8.